The van der Waals surface area contributed by atoms with E-state index < -0.39 is 40.1 Å². The molecule has 0 saturated carbocycles. The van der Waals surface area contributed by atoms with Crippen molar-refractivity contribution in [3.8, 4) is 5.75 Å². The van der Waals surface area contributed by atoms with Gasteiger partial charge in [-0.05, 0) is 69.2 Å². The molecular formula is C26H37FN4O5S. The van der Waals surface area contributed by atoms with Gasteiger partial charge in [-0.3, -0.25) is 9.59 Å². The fourth-order valence-electron chi connectivity index (χ4n) is 3.62. The van der Waals surface area contributed by atoms with Crippen LogP contribution in [0.15, 0.2) is 48.5 Å². The predicted octanol–water partition coefficient (Wildman–Crippen LogP) is 3.17. The molecule has 37 heavy (non-hydrogen) atoms. The van der Waals surface area contributed by atoms with Crippen LogP contribution in [0.1, 0.15) is 39.7 Å². The molecule has 0 aliphatic heterocycles. The SMILES string of the molecule is CC[C@H](C(=O)NC(C)(C)C)N(Cc1ccc(OC)cc1)C(=O)CN(c1ccc(F)cc1)S(=O)(=O)N(C)C. The van der Waals surface area contributed by atoms with Crippen molar-refractivity contribution in [1.82, 2.24) is 14.5 Å². The van der Waals surface area contributed by atoms with Crippen molar-refractivity contribution in [2.24, 2.45) is 0 Å². The maximum Gasteiger partial charge on any atom is 0.304 e. The summed E-state index contributed by atoms with van der Waals surface area (Å²) in [6.07, 6.45) is 0.306. The normalized spacial score (nSPS) is 12.7. The molecule has 0 fully saturated rings. The van der Waals surface area contributed by atoms with Gasteiger partial charge in [-0.15, -0.1) is 0 Å². The molecule has 204 valence electrons. The highest BCUT2D eigenvalue weighted by Gasteiger charge is 2.34. The summed E-state index contributed by atoms with van der Waals surface area (Å²) in [5, 5.41) is 2.91. The van der Waals surface area contributed by atoms with Gasteiger partial charge in [-0.25, -0.2) is 8.70 Å². The van der Waals surface area contributed by atoms with E-state index in [4.69, 9.17) is 4.74 Å². The summed E-state index contributed by atoms with van der Waals surface area (Å²) >= 11 is 0. The molecule has 2 amide bonds. The number of hydrogen-bond acceptors (Lipinski definition) is 5. The summed E-state index contributed by atoms with van der Waals surface area (Å²) in [5.74, 6) is -0.829. The van der Waals surface area contributed by atoms with Crippen LogP contribution >= 0.6 is 0 Å². The van der Waals surface area contributed by atoms with E-state index in [2.05, 4.69) is 5.32 Å². The van der Waals surface area contributed by atoms with Gasteiger partial charge in [0.25, 0.3) is 0 Å². The van der Waals surface area contributed by atoms with Crippen molar-refractivity contribution in [2.45, 2.75) is 52.2 Å². The van der Waals surface area contributed by atoms with Crippen molar-refractivity contribution >= 4 is 27.7 Å². The molecule has 2 aromatic rings. The Morgan fingerprint density at radius 1 is 1.03 bits per heavy atom. The molecule has 2 rings (SSSR count). The summed E-state index contributed by atoms with van der Waals surface area (Å²) in [4.78, 5) is 28.4. The lowest BCUT2D eigenvalue weighted by atomic mass is 10.1. The Morgan fingerprint density at radius 2 is 1.59 bits per heavy atom. The lowest BCUT2D eigenvalue weighted by Crippen LogP contribution is -2.55. The van der Waals surface area contributed by atoms with Gasteiger partial charge >= 0.3 is 10.2 Å². The van der Waals surface area contributed by atoms with Crippen molar-refractivity contribution in [2.75, 3.05) is 32.1 Å². The third kappa shape index (κ3) is 8.16. The van der Waals surface area contributed by atoms with E-state index in [9.17, 15) is 22.4 Å². The van der Waals surface area contributed by atoms with Crippen LogP contribution in [-0.4, -0.2) is 68.8 Å². The second-order valence-electron chi connectivity index (χ2n) is 9.81. The van der Waals surface area contributed by atoms with E-state index >= 15 is 0 Å². The number of amides is 2. The Bertz CT molecular complexity index is 1160. The molecule has 0 unspecified atom stereocenters. The van der Waals surface area contributed by atoms with E-state index in [0.717, 1.165) is 26.3 Å². The molecule has 1 atom stereocenters. The second-order valence-corrected chi connectivity index (χ2v) is 11.9. The molecule has 2 aromatic carbocycles. The highest BCUT2D eigenvalue weighted by atomic mass is 32.2. The molecule has 0 aliphatic carbocycles. The number of nitrogens with one attached hydrogen (secondary N) is 1. The highest BCUT2D eigenvalue weighted by molar-refractivity contribution is 7.90. The van der Waals surface area contributed by atoms with Crippen LogP contribution in [0.3, 0.4) is 0 Å². The van der Waals surface area contributed by atoms with E-state index in [-0.39, 0.29) is 18.1 Å². The number of carbonyl (C=O) groups is 2. The standard InChI is InChI=1S/C26H37FN4O5S/c1-8-23(25(33)28-26(2,3)4)30(17-19-9-15-22(36-7)16-10-19)24(32)18-31(37(34,35)29(5)6)21-13-11-20(27)12-14-21/h9-16,23H,8,17-18H2,1-7H3,(H,28,33)/t23-/m1/s1. The Hall–Kier alpha value is -3.18. The van der Waals surface area contributed by atoms with Crippen molar-refractivity contribution in [3.63, 3.8) is 0 Å². The molecule has 0 bridgehead atoms. The van der Waals surface area contributed by atoms with Gasteiger partial charge in [-0.1, -0.05) is 19.1 Å². The molecule has 0 saturated heterocycles. The summed E-state index contributed by atoms with van der Waals surface area (Å²) in [6, 6.07) is 11.0. The van der Waals surface area contributed by atoms with E-state index in [1.165, 1.54) is 31.1 Å². The first-order valence-electron chi connectivity index (χ1n) is 11.9. The number of nitrogens with zero attached hydrogens (tertiary/aromatic N) is 3. The average Bonchev–Trinajstić information content (AvgIpc) is 2.82. The first-order valence-corrected chi connectivity index (χ1v) is 13.3. The Labute approximate surface area is 219 Å². The van der Waals surface area contributed by atoms with Crippen LogP contribution in [-0.2, 0) is 26.3 Å². The number of rotatable bonds is 11. The zero-order valence-electron chi connectivity index (χ0n) is 22.5. The van der Waals surface area contributed by atoms with Gasteiger partial charge in [0.1, 0.15) is 24.2 Å². The molecule has 1 N–H and O–H groups in total. The Balaban J connectivity index is 2.51. The van der Waals surface area contributed by atoms with Crippen LogP contribution in [0, 0.1) is 5.82 Å². The smallest absolute Gasteiger partial charge is 0.304 e. The zero-order valence-corrected chi connectivity index (χ0v) is 23.3. The molecule has 0 spiro atoms. The van der Waals surface area contributed by atoms with Gasteiger partial charge in [-0.2, -0.15) is 12.7 Å². The average molecular weight is 537 g/mol. The largest absolute Gasteiger partial charge is 0.497 e. The monoisotopic (exact) mass is 536 g/mol. The Morgan fingerprint density at radius 3 is 2.05 bits per heavy atom. The maximum atomic E-state index is 13.8. The van der Waals surface area contributed by atoms with Gasteiger partial charge in [0.05, 0.1) is 12.8 Å². The number of ether oxygens (including phenoxy) is 1. The third-order valence-electron chi connectivity index (χ3n) is 5.53. The van der Waals surface area contributed by atoms with E-state index in [0.29, 0.717) is 12.2 Å². The summed E-state index contributed by atoms with van der Waals surface area (Å²) in [5.41, 5.74) is 0.327. The van der Waals surface area contributed by atoms with Crippen molar-refractivity contribution in [1.29, 1.82) is 0 Å². The maximum absolute atomic E-state index is 13.8. The van der Waals surface area contributed by atoms with E-state index in [1.807, 2.05) is 20.8 Å². The van der Waals surface area contributed by atoms with Crippen molar-refractivity contribution < 1.29 is 27.1 Å². The van der Waals surface area contributed by atoms with Crippen LogP contribution in [0.2, 0.25) is 0 Å². The van der Waals surface area contributed by atoms with Gasteiger partial charge < -0.3 is 15.0 Å². The molecular weight excluding hydrogens is 499 g/mol. The minimum atomic E-state index is -4.12. The van der Waals surface area contributed by atoms with Crippen LogP contribution in [0.25, 0.3) is 0 Å². The fourth-order valence-corrected chi connectivity index (χ4v) is 4.68. The molecule has 0 heterocycles. The number of benzene rings is 2. The minimum Gasteiger partial charge on any atom is -0.497 e. The predicted molar refractivity (Wildman–Crippen MR) is 142 cm³/mol. The van der Waals surface area contributed by atoms with Crippen molar-refractivity contribution in [3.05, 3.63) is 59.9 Å². The lowest BCUT2D eigenvalue weighted by molar-refractivity contribution is -0.141. The lowest BCUT2D eigenvalue weighted by Gasteiger charge is -2.35. The van der Waals surface area contributed by atoms with Gasteiger partial charge in [0.2, 0.25) is 11.8 Å². The fraction of sp³-hybridized carbons (Fsp3) is 0.462. The molecule has 9 nitrogen and oxygen atoms in total. The number of hydrogen-bond donors (Lipinski definition) is 1. The number of methoxy groups -OCH3 is 1. The molecule has 0 aromatic heterocycles. The topological polar surface area (TPSA) is 99.3 Å². The van der Waals surface area contributed by atoms with Crippen LogP contribution in [0.5, 0.6) is 5.75 Å². The molecule has 0 radical (unpaired) electrons. The minimum absolute atomic E-state index is 0.0676. The van der Waals surface area contributed by atoms with Crippen LogP contribution in [0.4, 0.5) is 10.1 Å². The number of carbonyl (C=O) groups excluding carboxylic acids is 2. The first kappa shape index (κ1) is 30.0. The number of anilines is 1. The quantitative estimate of drug-likeness (QED) is 0.476. The summed E-state index contributed by atoms with van der Waals surface area (Å²) in [6.45, 7) is 6.79. The Kier molecular flexibility index (Phi) is 10.0. The van der Waals surface area contributed by atoms with E-state index in [1.54, 1.807) is 38.3 Å². The second kappa shape index (κ2) is 12.4. The zero-order chi connectivity index (χ0) is 28.0. The summed E-state index contributed by atoms with van der Waals surface area (Å²) < 4.78 is 47.0. The third-order valence-corrected chi connectivity index (χ3v) is 7.35. The highest BCUT2D eigenvalue weighted by Crippen LogP contribution is 2.22. The number of halogens is 1. The van der Waals surface area contributed by atoms with Gasteiger partial charge in [0, 0.05) is 26.2 Å². The summed E-state index contributed by atoms with van der Waals surface area (Å²) in [7, 11) is 0.117. The van der Waals surface area contributed by atoms with Gasteiger partial charge in [0.15, 0.2) is 0 Å². The molecule has 0 aliphatic rings. The van der Waals surface area contributed by atoms with Crippen LogP contribution < -0.4 is 14.4 Å². The first-order chi connectivity index (χ1) is 17.2. The molecule has 11 heteroatoms.